The van der Waals surface area contributed by atoms with Crippen LogP contribution in [-0.4, -0.2) is 60.1 Å². The van der Waals surface area contributed by atoms with E-state index in [4.69, 9.17) is 0 Å². The van der Waals surface area contributed by atoms with Crippen LogP contribution in [0.15, 0.2) is 37.1 Å². The number of hydrogen-bond acceptors (Lipinski definition) is 8. The smallest absolute Gasteiger partial charge is 0.213 e. The molecule has 4 aromatic heterocycles. The molecule has 0 spiro atoms. The third-order valence-electron chi connectivity index (χ3n) is 5.53. The van der Waals surface area contributed by atoms with Gasteiger partial charge in [0.25, 0.3) is 0 Å². The van der Waals surface area contributed by atoms with E-state index < -0.39 is 10.0 Å². The summed E-state index contributed by atoms with van der Waals surface area (Å²) in [6.45, 7) is 2.71. The molecule has 1 aliphatic rings. The monoisotopic (exact) mass is 458 g/mol. The number of nitrogens with zero attached hydrogens (tertiary/aromatic N) is 7. The van der Waals surface area contributed by atoms with Gasteiger partial charge in [-0.3, -0.25) is 9.08 Å². The van der Waals surface area contributed by atoms with Crippen molar-refractivity contribution in [1.29, 1.82) is 0 Å². The topological polar surface area (TPSA) is 110 Å². The van der Waals surface area contributed by atoms with E-state index in [9.17, 15) is 8.42 Å². The van der Waals surface area contributed by atoms with Crippen LogP contribution in [0.1, 0.15) is 25.0 Å². The molecule has 12 heteroatoms. The van der Waals surface area contributed by atoms with Gasteiger partial charge in [0.15, 0.2) is 11.5 Å². The minimum atomic E-state index is -3.16. The second-order valence-corrected chi connectivity index (χ2v) is 10.6. The Balaban J connectivity index is 1.37. The maximum absolute atomic E-state index is 12.1. The van der Waals surface area contributed by atoms with Gasteiger partial charge in [0.05, 0.1) is 29.5 Å². The third-order valence-corrected chi connectivity index (χ3v) is 8.09. The molecule has 1 atom stereocenters. The summed E-state index contributed by atoms with van der Waals surface area (Å²) in [5, 5.41) is 8.40. The van der Waals surface area contributed by atoms with Crippen molar-refractivity contribution in [1.82, 2.24) is 32.8 Å². The molecular weight excluding hydrogens is 436 g/mol. The van der Waals surface area contributed by atoms with E-state index in [1.165, 1.54) is 11.5 Å². The zero-order valence-electron chi connectivity index (χ0n) is 17.1. The largest absolute Gasteiger partial charge is 0.328 e. The highest BCUT2D eigenvalue weighted by Gasteiger charge is 2.32. The maximum Gasteiger partial charge on any atom is 0.213 e. The molecule has 0 amide bonds. The number of aromatic nitrogens is 6. The molecule has 0 radical (unpaired) electrons. The number of aryl methyl sites for hydroxylation is 1. The SMILES string of the molecule is CCS(=O)(=O)N1CCC(c2cc(Nc3nccn4c(-c5cnn(C)c5)cnc34)sn2)C1. The fourth-order valence-electron chi connectivity index (χ4n) is 3.84. The van der Waals surface area contributed by atoms with Crippen LogP contribution in [0, 0.1) is 0 Å². The lowest BCUT2D eigenvalue weighted by atomic mass is 10.1. The van der Waals surface area contributed by atoms with Crippen LogP contribution in [0.3, 0.4) is 0 Å². The van der Waals surface area contributed by atoms with Gasteiger partial charge in [-0.25, -0.2) is 22.7 Å². The molecule has 0 aliphatic carbocycles. The van der Waals surface area contributed by atoms with Crippen molar-refractivity contribution in [3.05, 3.63) is 42.7 Å². The molecular formula is C19H22N8O2S2. The van der Waals surface area contributed by atoms with E-state index in [0.29, 0.717) is 24.6 Å². The number of rotatable bonds is 6. The van der Waals surface area contributed by atoms with Crippen LogP contribution >= 0.6 is 11.5 Å². The molecule has 0 bridgehead atoms. The van der Waals surface area contributed by atoms with Crippen LogP contribution in [-0.2, 0) is 17.1 Å². The molecule has 31 heavy (non-hydrogen) atoms. The first-order chi connectivity index (χ1) is 14.9. The molecule has 10 nitrogen and oxygen atoms in total. The number of imidazole rings is 1. The van der Waals surface area contributed by atoms with Crippen LogP contribution in [0.2, 0.25) is 0 Å². The summed E-state index contributed by atoms with van der Waals surface area (Å²) in [4.78, 5) is 9.00. The van der Waals surface area contributed by atoms with Crippen LogP contribution < -0.4 is 5.32 Å². The average Bonchev–Trinajstić information content (AvgIpc) is 3.54. The van der Waals surface area contributed by atoms with Gasteiger partial charge in [-0.05, 0) is 30.9 Å². The summed E-state index contributed by atoms with van der Waals surface area (Å²) >= 11 is 1.34. The molecule has 0 aromatic carbocycles. The minimum Gasteiger partial charge on any atom is -0.328 e. The van der Waals surface area contributed by atoms with E-state index in [2.05, 4.69) is 24.8 Å². The minimum absolute atomic E-state index is 0.112. The van der Waals surface area contributed by atoms with E-state index in [1.54, 1.807) is 34.5 Å². The van der Waals surface area contributed by atoms with Gasteiger partial charge in [0.1, 0.15) is 5.00 Å². The van der Waals surface area contributed by atoms with Gasteiger partial charge in [0.2, 0.25) is 10.0 Å². The Kier molecular flexibility index (Phi) is 4.99. The molecule has 1 fully saturated rings. The van der Waals surface area contributed by atoms with Crippen molar-refractivity contribution in [2.45, 2.75) is 19.3 Å². The highest BCUT2D eigenvalue weighted by molar-refractivity contribution is 7.89. The zero-order chi connectivity index (χ0) is 21.6. The van der Waals surface area contributed by atoms with Crippen LogP contribution in [0.5, 0.6) is 0 Å². The maximum atomic E-state index is 12.1. The number of fused-ring (bicyclic) bond motifs is 1. The lowest BCUT2D eigenvalue weighted by Crippen LogP contribution is -2.29. The zero-order valence-corrected chi connectivity index (χ0v) is 18.8. The quantitative estimate of drug-likeness (QED) is 0.472. The highest BCUT2D eigenvalue weighted by atomic mass is 32.2. The normalized spacial score (nSPS) is 17.5. The van der Waals surface area contributed by atoms with E-state index >= 15 is 0 Å². The van der Waals surface area contributed by atoms with E-state index in [0.717, 1.165) is 28.4 Å². The Morgan fingerprint density at radius 2 is 2.16 bits per heavy atom. The first-order valence-corrected chi connectivity index (χ1v) is 12.4. The Hall–Kier alpha value is -2.83. The number of hydrogen-bond donors (Lipinski definition) is 1. The van der Waals surface area contributed by atoms with Crippen molar-refractivity contribution in [3.8, 4) is 11.3 Å². The van der Waals surface area contributed by atoms with Gasteiger partial charge < -0.3 is 5.32 Å². The van der Waals surface area contributed by atoms with Crippen molar-refractivity contribution < 1.29 is 8.42 Å². The summed E-state index contributed by atoms with van der Waals surface area (Å²) < 4.78 is 34.1. The fourth-order valence-corrected chi connectivity index (χ4v) is 5.71. The lowest BCUT2D eigenvalue weighted by Gasteiger charge is -2.14. The molecule has 4 aromatic rings. The summed E-state index contributed by atoms with van der Waals surface area (Å²) in [6.07, 6.45) is 9.92. The third kappa shape index (κ3) is 3.70. The summed E-state index contributed by atoms with van der Waals surface area (Å²) in [5.41, 5.74) is 3.52. The molecule has 1 saturated heterocycles. The predicted molar refractivity (Wildman–Crippen MR) is 119 cm³/mol. The van der Waals surface area contributed by atoms with Gasteiger partial charge in [0, 0.05) is 50.2 Å². The fraction of sp³-hybridized carbons (Fsp3) is 0.368. The molecule has 162 valence electrons. The number of anilines is 2. The Morgan fingerprint density at radius 1 is 1.29 bits per heavy atom. The second kappa shape index (κ2) is 7.70. The molecule has 1 N–H and O–H groups in total. The lowest BCUT2D eigenvalue weighted by molar-refractivity contribution is 0.473. The van der Waals surface area contributed by atoms with E-state index in [-0.39, 0.29) is 11.7 Å². The van der Waals surface area contributed by atoms with Crippen molar-refractivity contribution in [2.24, 2.45) is 7.05 Å². The Bertz CT molecular complexity index is 1340. The number of sulfonamides is 1. The van der Waals surface area contributed by atoms with Crippen molar-refractivity contribution in [3.63, 3.8) is 0 Å². The first-order valence-electron chi connectivity index (χ1n) is 9.97. The van der Waals surface area contributed by atoms with Crippen molar-refractivity contribution >= 4 is 38.0 Å². The summed E-state index contributed by atoms with van der Waals surface area (Å²) in [6, 6.07) is 1.98. The van der Waals surface area contributed by atoms with Crippen LogP contribution in [0.25, 0.3) is 16.9 Å². The predicted octanol–water partition coefficient (Wildman–Crippen LogP) is 2.47. The van der Waals surface area contributed by atoms with E-state index in [1.807, 2.05) is 29.9 Å². The van der Waals surface area contributed by atoms with Gasteiger partial charge in [-0.2, -0.15) is 9.47 Å². The highest BCUT2D eigenvalue weighted by Crippen LogP contribution is 2.33. The van der Waals surface area contributed by atoms with Gasteiger partial charge in [-0.15, -0.1) is 0 Å². The van der Waals surface area contributed by atoms with Crippen molar-refractivity contribution in [2.75, 3.05) is 24.2 Å². The molecule has 0 saturated carbocycles. The Morgan fingerprint density at radius 3 is 2.94 bits per heavy atom. The van der Waals surface area contributed by atoms with Crippen LogP contribution in [0.4, 0.5) is 10.8 Å². The second-order valence-electron chi connectivity index (χ2n) is 7.50. The molecule has 5 rings (SSSR count). The standard InChI is InChI=1S/C19H22N8O2S2/c1-3-31(28,29)26-6-4-13(12-26)15-8-17(30-24-15)23-18-19-21-10-16(27(19)7-5-20-18)14-9-22-25(2)11-14/h5,7-11,13H,3-4,6,12H2,1-2H3,(H,20,23). The van der Waals surface area contributed by atoms with Gasteiger partial charge >= 0.3 is 0 Å². The summed E-state index contributed by atoms with van der Waals surface area (Å²) in [5.74, 6) is 0.875. The average molecular weight is 459 g/mol. The molecule has 1 aliphatic heterocycles. The Labute approximate surface area is 183 Å². The summed E-state index contributed by atoms with van der Waals surface area (Å²) in [7, 11) is -1.28. The number of nitrogens with one attached hydrogen (secondary N) is 1. The molecule has 1 unspecified atom stereocenters. The first kappa shape index (κ1) is 20.1. The molecule has 5 heterocycles. The van der Waals surface area contributed by atoms with Gasteiger partial charge in [-0.1, -0.05) is 0 Å².